The van der Waals surface area contributed by atoms with Gasteiger partial charge in [0.2, 0.25) is 5.82 Å². The van der Waals surface area contributed by atoms with E-state index in [0.717, 1.165) is 5.56 Å². The number of benzene rings is 2. The molecule has 0 amide bonds. The molecule has 123 valence electrons. The third-order valence-electron chi connectivity index (χ3n) is 3.11. The summed E-state index contributed by atoms with van der Waals surface area (Å²) in [4.78, 5) is 4.22. The fourth-order valence-electron chi connectivity index (χ4n) is 2.00. The molecule has 1 radical (unpaired) electrons. The highest BCUT2D eigenvalue weighted by molar-refractivity contribution is 7.91. The van der Waals surface area contributed by atoms with E-state index in [4.69, 9.17) is 0 Å². The summed E-state index contributed by atoms with van der Waals surface area (Å²) in [7, 11) is 0. The molecule has 0 bridgehead atoms. The number of hydrogen-bond acceptors (Lipinski definition) is 4. The van der Waals surface area contributed by atoms with Crippen LogP contribution in [0.3, 0.4) is 0 Å². The van der Waals surface area contributed by atoms with Gasteiger partial charge >= 0.3 is 12.1 Å². The molecule has 0 spiro atoms. The second-order valence-electron chi connectivity index (χ2n) is 4.95. The first kappa shape index (κ1) is 16.5. The second kappa shape index (κ2) is 6.29. The van der Waals surface area contributed by atoms with E-state index in [1.807, 2.05) is 13.0 Å². The van der Waals surface area contributed by atoms with Crippen molar-refractivity contribution in [1.82, 2.24) is 10.1 Å². The van der Waals surface area contributed by atoms with Crippen LogP contribution in [-0.4, -0.2) is 14.7 Å². The van der Waals surface area contributed by atoms with Crippen molar-refractivity contribution >= 4 is 11.2 Å². The summed E-state index contributed by atoms with van der Waals surface area (Å²) < 4.78 is 54.4. The van der Waals surface area contributed by atoms with E-state index in [9.17, 15) is 17.7 Å². The Morgan fingerprint density at radius 2 is 2.00 bits per heavy atom. The number of nitrogens with zero attached hydrogens (tertiary/aromatic N) is 2. The lowest BCUT2D eigenvalue weighted by atomic mass is 10.2. The maximum Gasteiger partial charge on any atom is 0.471 e. The van der Waals surface area contributed by atoms with Crippen LogP contribution in [-0.2, 0) is 17.4 Å². The van der Waals surface area contributed by atoms with E-state index in [2.05, 4.69) is 20.7 Å². The quantitative estimate of drug-likeness (QED) is 0.669. The summed E-state index contributed by atoms with van der Waals surface area (Å²) in [5, 5.41) is 3.32. The van der Waals surface area contributed by atoms with Crippen LogP contribution in [0.15, 0.2) is 56.8 Å². The van der Waals surface area contributed by atoms with Crippen LogP contribution < -0.4 is 0 Å². The Bertz CT molecular complexity index is 864. The zero-order valence-electron chi connectivity index (χ0n) is 12.3. The minimum atomic E-state index is -4.71. The highest BCUT2D eigenvalue weighted by Gasteiger charge is 2.38. The van der Waals surface area contributed by atoms with Crippen LogP contribution in [0.5, 0.6) is 0 Å². The molecule has 0 fully saturated rings. The molecular weight excluding hydrogens is 341 g/mol. The van der Waals surface area contributed by atoms with Gasteiger partial charge in [-0.1, -0.05) is 23.4 Å². The van der Waals surface area contributed by atoms with Crippen molar-refractivity contribution in [2.75, 3.05) is 0 Å². The van der Waals surface area contributed by atoms with E-state index < -0.39 is 23.2 Å². The molecule has 1 aromatic heterocycles. The normalized spacial score (nSPS) is 13.0. The van der Waals surface area contributed by atoms with Gasteiger partial charge in [-0.25, -0.2) is 0 Å². The van der Waals surface area contributed by atoms with Gasteiger partial charge in [-0.15, -0.1) is 0 Å². The molecule has 24 heavy (non-hydrogen) atoms. The predicted octanol–water partition coefficient (Wildman–Crippen LogP) is 4.03. The molecule has 0 aliphatic rings. The predicted molar refractivity (Wildman–Crippen MR) is 79.4 cm³/mol. The summed E-state index contributed by atoms with van der Waals surface area (Å²) in [6.07, 6.45) is -4.71. The maximum absolute atomic E-state index is 12.6. The van der Waals surface area contributed by atoms with Crippen molar-refractivity contribution in [3.8, 4) is 11.4 Å². The van der Waals surface area contributed by atoms with Gasteiger partial charge in [0.15, 0.2) is 9.79 Å². The van der Waals surface area contributed by atoms with Gasteiger partial charge in [-0.2, -0.15) is 18.2 Å². The van der Waals surface area contributed by atoms with Crippen LogP contribution in [0.2, 0.25) is 0 Å². The first-order valence-corrected chi connectivity index (χ1v) is 7.91. The third kappa shape index (κ3) is 3.44. The Morgan fingerprint density at radius 3 is 2.67 bits per heavy atom. The minimum Gasteiger partial charge on any atom is -0.606 e. The lowest BCUT2D eigenvalue weighted by Crippen LogP contribution is -2.05. The van der Waals surface area contributed by atoms with E-state index in [-0.39, 0.29) is 11.4 Å². The topological polar surface area (TPSA) is 62.0 Å². The molecule has 0 aliphatic carbocycles. The Labute approximate surface area is 138 Å². The molecule has 3 aromatic rings. The first-order chi connectivity index (χ1) is 11.3. The standard InChI is InChI=1S/C16H10F3N2O2S/c1-10-4-2-6-12(8-10)24(22)13-7-3-5-11(9-13)14-20-15(23-21-14)16(17,18)19/h2-6,8-9H,1H3. The maximum atomic E-state index is 12.6. The third-order valence-corrected chi connectivity index (χ3v) is 4.42. The first-order valence-electron chi connectivity index (χ1n) is 6.76. The van der Waals surface area contributed by atoms with E-state index in [0.29, 0.717) is 9.79 Å². The van der Waals surface area contributed by atoms with Gasteiger partial charge in [0.25, 0.3) is 0 Å². The molecule has 3 rings (SSSR count). The lowest BCUT2D eigenvalue weighted by molar-refractivity contribution is -0.159. The Kier molecular flexibility index (Phi) is 4.33. The Hall–Kier alpha value is -2.32. The Morgan fingerprint density at radius 1 is 1.21 bits per heavy atom. The lowest BCUT2D eigenvalue weighted by Gasteiger charge is -2.10. The van der Waals surface area contributed by atoms with Gasteiger partial charge < -0.3 is 9.08 Å². The average Bonchev–Trinajstić information content (AvgIpc) is 3.04. The van der Waals surface area contributed by atoms with Gasteiger partial charge in [0, 0.05) is 28.9 Å². The second-order valence-corrected chi connectivity index (χ2v) is 6.40. The fourth-order valence-corrected chi connectivity index (χ4v) is 3.16. The molecule has 0 aliphatic heterocycles. The summed E-state index contributed by atoms with van der Waals surface area (Å²) >= 11 is -1.52. The zero-order valence-corrected chi connectivity index (χ0v) is 13.1. The molecule has 1 unspecified atom stereocenters. The average molecular weight is 351 g/mol. The van der Waals surface area contributed by atoms with Crippen molar-refractivity contribution in [3.63, 3.8) is 0 Å². The summed E-state index contributed by atoms with van der Waals surface area (Å²) in [6.45, 7) is 1.87. The van der Waals surface area contributed by atoms with Crippen LogP contribution in [0, 0.1) is 13.0 Å². The van der Waals surface area contributed by atoms with Crippen molar-refractivity contribution < 1.29 is 22.2 Å². The number of aryl methyl sites for hydroxylation is 1. The molecule has 0 saturated carbocycles. The monoisotopic (exact) mass is 351 g/mol. The number of hydrogen-bond donors (Lipinski definition) is 0. The molecule has 0 saturated heterocycles. The van der Waals surface area contributed by atoms with Gasteiger partial charge in [-0.05, 0) is 30.7 Å². The van der Waals surface area contributed by atoms with Crippen LogP contribution in [0.4, 0.5) is 13.2 Å². The fraction of sp³-hybridized carbons (Fsp3) is 0.125. The van der Waals surface area contributed by atoms with Gasteiger partial charge in [-0.3, -0.25) is 0 Å². The summed E-state index contributed by atoms with van der Waals surface area (Å²) in [5.41, 5.74) is 1.22. The van der Waals surface area contributed by atoms with Crippen molar-refractivity contribution in [1.29, 1.82) is 0 Å². The van der Waals surface area contributed by atoms with Crippen molar-refractivity contribution in [2.24, 2.45) is 0 Å². The molecule has 8 heteroatoms. The number of rotatable bonds is 3. The van der Waals surface area contributed by atoms with Crippen LogP contribution in [0.25, 0.3) is 11.4 Å². The number of aromatic nitrogens is 2. The number of alkyl halides is 3. The molecule has 1 atom stereocenters. The Balaban J connectivity index is 1.93. The van der Waals surface area contributed by atoms with E-state index in [1.165, 1.54) is 18.2 Å². The summed E-state index contributed by atoms with van der Waals surface area (Å²) in [5.74, 6) is -1.65. The largest absolute Gasteiger partial charge is 0.606 e. The van der Waals surface area contributed by atoms with Crippen LogP contribution in [0.1, 0.15) is 11.5 Å². The minimum absolute atomic E-state index is 0.223. The molecular formula is C16H10F3N2O2S. The van der Waals surface area contributed by atoms with E-state index >= 15 is 0 Å². The summed E-state index contributed by atoms with van der Waals surface area (Å²) in [6, 6.07) is 14.3. The van der Waals surface area contributed by atoms with Gasteiger partial charge in [0.1, 0.15) is 0 Å². The highest BCUT2D eigenvalue weighted by Crippen LogP contribution is 2.30. The van der Waals surface area contributed by atoms with E-state index in [1.54, 1.807) is 18.2 Å². The molecule has 2 aromatic carbocycles. The van der Waals surface area contributed by atoms with Crippen LogP contribution >= 0.6 is 0 Å². The number of halogens is 3. The smallest absolute Gasteiger partial charge is 0.471 e. The molecule has 0 N–H and O–H groups in total. The molecule has 1 heterocycles. The van der Waals surface area contributed by atoms with Crippen molar-refractivity contribution in [3.05, 3.63) is 60.0 Å². The van der Waals surface area contributed by atoms with Crippen molar-refractivity contribution in [2.45, 2.75) is 22.9 Å². The molecule has 4 nitrogen and oxygen atoms in total. The zero-order chi connectivity index (χ0) is 17.3. The SMILES string of the molecule is Cc1cccc([S+]([O-])c2[c]ccc(-c3noc(C(F)(F)F)n3)c2)c1. The van der Waals surface area contributed by atoms with Gasteiger partial charge in [0.05, 0.1) is 0 Å². The highest BCUT2D eigenvalue weighted by atomic mass is 32.2.